The normalized spacial score (nSPS) is 12.3. The lowest BCUT2D eigenvalue weighted by atomic mass is 10.1. The molecule has 0 aromatic heterocycles. The molecule has 2 N–H and O–H groups in total. The van der Waals surface area contributed by atoms with Crippen LogP contribution in [0.2, 0.25) is 0 Å². The van der Waals surface area contributed by atoms with E-state index in [1.54, 1.807) is 43.3 Å². The first-order chi connectivity index (χ1) is 12.2. The van der Waals surface area contributed by atoms with Crippen LogP contribution in [-0.2, 0) is 19.4 Å². The standard InChI is InChI=1S/C18H19FN2O4S/c1-12-8-9-15(14(19)10-12)20-17(22)18(23)21-16(11-26(2,24)25)13-6-4-3-5-7-13/h3-10,16H,11H2,1-2H3,(H,20,22)(H,21,23)/t16-/m0/s1. The van der Waals surface area contributed by atoms with Crippen LogP contribution >= 0.6 is 0 Å². The predicted octanol–water partition coefficient (Wildman–Crippen LogP) is 1.97. The average Bonchev–Trinajstić information content (AvgIpc) is 2.56. The molecule has 0 bridgehead atoms. The largest absolute Gasteiger partial charge is 0.340 e. The number of amides is 2. The minimum atomic E-state index is -3.42. The minimum Gasteiger partial charge on any atom is -0.340 e. The third-order valence-corrected chi connectivity index (χ3v) is 4.49. The van der Waals surface area contributed by atoms with Crippen molar-refractivity contribution < 1.29 is 22.4 Å². The number of sulfone groups is 1. The third-order valence-electron chi connectivity index (χ3n) is 3.56. The zero-order valence-corrected chi connectivity index (χ0v) is 15.1. The van der Waals surface area contributed by atoms with Gasteiger partial charge in [-0.15, -0.1) is 0 Å². The molecule has 0 radical (unpaired) electrons. The molecule has 0 heterocycles. The molecular weight excluding hydrogens is 359 g/mol. The molecule has 8 heteroatoms. The zero-order chi connectivity index (χ0) is 19.3. The monoisotopic (exact) mass is 378 g/mol. The van der Waals surface area contributed by atoms with Gasteiger partial charge in [0, 0.05) is 6.26 Å². The lowest BCUT2D eigenvalue weighted by Gasteiger charge is -2.18. The first kappa shape index (κ1) is 19.6. The topological polar surface area (TPSA) is 92.3 Å². The van der Waals surface area contributed by atoms with E-state index in [4.69, 9.17) is 0 Å². The van der Waals surface area contributed by atoms with Gasteiger partial charge in [0.25, 0.3) is 0 Å². The molecule has 0 aliphatic heterocycles. The number of hydrogen-bond acceptors (Lipinski definition) is 4. The number of halogens is 1. The number of carbonyl (C=O) groups excluding carboxylic acids is 2. The Labute approximate surface area is 151 Å². The summed E-state index contributed by atoms with van der Waals surface area (Å²) in [4.78, 5) is 24.2. The van der Waals surface area contributed by atoms with Crippen molar-refractivity contribution >= 4 is 27.3 Å². The summed E-state index contributed by atoms with van der Waals surface area (Å²) in [5.74, 6) is -3.17. The van der Waals surface area contributed by atoms with Crippen molar-refractivity contribution in [3.05, 3.63) is 65.5 Å². The highest BCUT2D eigenvalue weighted by molar-refractivity contribution is 7.90. The lowest BCUT2D eigenvalue weighted by Crippen LogP contribution is -2.40. The van der Waals surface area contributed by atoms with Crippen molar-refractivity contribution in [2.75, 3.05) is 17.3 Å². The smallest absolute Gasteiger partial charge is 0.313 e. The number of hydrogen-bond donors (Lipinski definition) is 2. The van der Waals surface area contributed by atoms with Gasteiger partial charge in [0.2, 0.25) is 0 Å². The van der Waals surface area contributed by atoms with Crippen LogP contribution in [0.1, 0.15) is 17.2 Å². The number of benzene rings is 2. The molecule has 2 amide bonds. The van der Waals surface area contributed by atoms with E-state index in [0.29, 0.717) is 11.1 Å². The maximum absolute atomic E-state index is 13.8. The molecule has 2 rings (SSSR count). The quantitative estimate of drug-likeness (QED) is 0.778. The Bertz CT molecular complexity index is 914. The Morgan fingerprint density at radius 1 is 1.08 bits per heavy atom. The Morgan fingerprint density at radius 2 is 1.73 bits per heavy atom. The van der Waals surface area contributed by atoms with Gasteiger partial charge in [0.15, 0.2) is 0 Å². The highest BCUT2D eigenvalue weighted by Gasteiger charge is 2.23. The van der Waals surface area contributed by atoms with Gasteiger partial charge in [0.1, 0.15) is 15.7 Å². The minimum absolute atomic E-state index is 0.130. The fraction of sp³-hybridized carbons (Fsp3) is 0.222. The molecule has 0 aliphatic carbocycles. The van der Waals surface area contributed by atoms with E-state index in [1.165, 1.54) is 12.1 Å². The van der Waals surface area contributed by atoms with E-state index in [-0.39, 0.29) is 11.4 Å². The van der Waals surface area contributed by atoms with Crippen molar-refractivity contribution in [1.29, 1.82) is 0 Å². The molecule has 1 atom stereocenters. The van der Waals surface area contributed by atoms with E-state index >= 15 is 0 Å². The first-order valence-corrected chi connectivity index (χ1v) is 9.82. The van der Waals surface area contributed by atoms with Crippen molar-refractivity contribution in [2.24, 2.45) is 0 Å². The molecule has 6 nitrogen and oxygen atoms in total. The highest BCUT2D eigenvalue weighted by atomic mass is 32.2. The molecule has 0 spiro atoms. The second kappa shape index (κ2) is 8.09. The fourth-order valence-electron chi connectivity index (χ4n) is 2.33. The zero-order valence-electron chi connectivity index (χ0n) is 14.3. The number of aryl methyl sites for hydroxylation is 1. The predicted molar refractivity (Wildman–Crippen MR) is 96.8 cm³/mol. The summed E-state index contributed by atoms with van der Waals surface area (Å²) in [6, 6.07) is 11.7. The Morgan fingerprint density at radius 3 is 2.31 bits per heavy atom. The van der Waals surface area contributed by atoms with Crippen LogP contribution in [0.25, 0.3) is 0 Å². The van der Waals surface area contributed by atoms with Crippen molar-refractivity contribution in [3.8, 4) is 0 Å². The summed E-state index contributed by atoms with van der Waals surface area (Å²) in [6.07, 6.45) is 1.04. The number of rotatable bonds is 5. The molecule has 26 heavy (non-hydrogen) atoms. The van der Waals surface area contributed by atoms with Crippen molar-refractivity contribution in [3.63, 3.8) is 0 Å². The third kappa shape index (κ3) is 5.66. The van der Waals surface area contributed by atoms with Gasteiger partial charge in [-0.1, -0.05) is 36.4 Å². The molecular formula is C18H19FN2O4S. The van der Waals surface area contributed by atoms with E-state index in [2.05, 4.69) is 10.6 Å². The van der Waals surface area contributed by atoms with Gasteiger partial charge in [0.05, 0.1) is 17.5 Å². The van der Waals surface area contributed by atoms with Crippen LogP contribution in [0.5, 0.6) is 0 Å². The number of anilines is 1. The maximum Gasteiger partial charge on any atom is 0.313 e. The van der Waals surface area contributed by atoms with E-state index in [1.807, 2.05) is 0 Å². The summed E-state index contributed by atoms with van der Waals surface area (Å²) in [6.45, 7) is 1.69. The van der Waals surface area contributed by atoms with Gasteiger partial charge in [-0.2, -0.15) is 0 Å². The Balaban J connectivity index is 2.14. The highest BCUT2D eigenvalue weighted by Crippen LogP contribution is 2.17. The van der Waals surface area contributed by atoms with E-state index in [9.17, 15) is 22.4 Å². The van der Waals surface area contributed by atoms with E-state index in [0.717, 1.165) is 6.26 Å². The lowest BCUT2D eigenvalue weighted by molar-refractivity contribution is -0.136. The summed E-state index contributed by atoms with van der Waals surface area (Å²) in [5.41, 5.74) is 1.08. The summed E-state index contributed by atoms with van der Waals surface area (Å²) >= 11 is 0. The summed E-state index contributed by atoms with van der Waals surface area (Å²) in [5, 5.41) is 4.57. The fourth-order valence-corrected chi connectivity index (χ4v) is 3.21. The van der Waals surface area contributed by atoms with Crippen LogP contribution in [0.3, 0.4) is 0 Å². The van der Waals surface area contributed by atoms with Crippen LogP contribution < -0.4 is 10.6 Å². The molecule has 138 valence electrons. The molecule has 0 unspecified atom stereocenters. The molecule has 2 aromatic rings. The average molecular weight is 378 g/mol. The van der Waals surface area contributed by atoms with Gasteiger partial charge >= 0.3 is 11.8 Å². The molecule has 0 aliphatic rings. The van der Waals surface area contributed by atoms with Crippen LogP contribution in [0, 0.1) is 12.7 Å². The van der Waals surface area contributed by atoms with Gasteiger partial charge in [-0.05, 0) is 30.2 Å². The molecule has 0 saturated carbocycles. The summed E-state index contributed by atoms with van der Waals surface area (Å²) < 4.78 is 37.1. The summed E-state index contributed by atoms with van der Waals surface area (Å²) in [7, 11) is -3.42. The van der Waals surface area contributed by atoms with Crippen molar-refractivity contribution in [2.45, 2.75) is 13.0 Å². The molecule has 0 saturated heterocycles. The second-order valence-corrected chi connectivity index (χ2v) is 8.15. The van der Waals surface area contributed by atoms with Gasteiger partial charge < -0.3 is 10.6 Å². The van der Waals surface area contributed by atoms with E-state index < -0.39 is 33.5 Å². The molecule has 0 fully saturated rings. The van der Waals surface area contributed by atoms with Crippen LogP contribution in [-0.4, -0.2) is 32.2 Å². The van der Waals surface area contributed by atoms with Gasteiger partial charge in [-0.3, -0.25) is 9.59 Å². The van der Waals surface area contributed by atoms with Crippen LogP contribution in [0.15, 0.2) is 48.5 Å². The first-order valence-electron chi connectivity index (χ1n) is 7.76. The number of carbonyl (C=O) groups is 2. The maximum atomic E-state index is 13.8. The van der Waals surface area contributed by atoms with Crippen molar-refractivity contribution in [1.82, 2.24) is 5.32 Å². The Hall–Kier alpha value is -2.74. The van der Waals surface area contributed by atoms with Crippen LogP contribution in [0.4, 0.5) is 10.1 Å². The van der Waals surface area contributed by atoms with Gasteiger partial charge in [-0.25, -0.2) is 12.8 Å². The number of nitrogens with one attached hydrogen (secondary N) is 2. The molecule has 2 aromatic carbocycles. The SMILES string of the molecule is Cc1ccc(NC(=O)C(=O)N[C@@H](CS(C)(=O)=O)c2ccccc2)c(F)c1. The second-order valence-electron chi connectivity index (χ2n) is 5.97. The Kier molecular flexibility index (Phi) is 6.10.